The molecule has 3 fully saturated rings. The molecule has 1 aromatic carbocycles. The van der Waals surface area contributed by atoms with Gasteiger partial charge in [0.15, 0.2) is 9.84 Å². The van der Waals surface area contributed by atoms with Gasteiger partial charge in [-0.25, -0.2) is 18.1 Å². The van der Waals surface area contributed by atoms with E-state index < -0.39 is 62.5 Å². The lowest BCUT2D eigenvalue weighted by Crippen LogP contribution is -2.63. The molecular weight excluding hydrogens is 711 g/mol. The Morgan fingerprint density at radius 2 is 1.73 bits per heavy atom. The molecule has 0 unspecified atom stereocenters. The first-order valence-electron chi connectivity index (χ1n) is 17.7. The summed E-state index contributed by atoms with van der Waals surface area (Å²) < 4.78 is 26.2. The first kappa shape index (κ1) is 39.3. The van der Waals surface area contributed by atoms with Crippen molar-refractivity contribution < 1.29 is 37.5 Å². The van der Waals surface area contributed by atoms with E-state index in [2.05, 4.69) is 20.6 Å². The van der Waals surface area contributed by atoms with E-state index in [1.807, 2.05) is 0 Å². The Morgan fingerprint density at radius 3 is 2.33 bits per heavy atom. The number of benzene rings is 1. The van der Waals surface area contributed by atoms with Gasteiger partial charge in [-0.1, -0.05) is 44.2 Å². The van der Waals surface area contributed by atoms with Crippen LogP contribution in [0.3, 0.4) is 0 Å². The van der Waals surface area contributed by atoms with Crippen LogP contribution in [0.5, 0.6) is 0 Å². The number of thioether (sulfide) groups is 1. The molecule has 1 aliphatic carbocycles. The van der Waals surface area contributed by atoms with Gasteiger partial charge in [0.05, 0.1) is 28.6 Å². The van der Waals surface area contributed by atoms with Gasteiger partial charge < -0.3 is 21.1 Å². The number of ketones is 1. The number of carbonyl (C=O) groups is 5. The zero-order valence-corrected chi connectivity index (χ0v) is 31.4. The molecule has 3 aliphatic rings. The van der Waals surface area contributed by atoms with Gasteiger partial charge in [0.1, 0.15) is 22.9 Å². The number of Topliss-reactive ketones (excluding diaryl/α,β-unsaturated/α-hetero) is 1. The Labute approximate surface area is 307 Å². The molecule has 0 bridgehead atoms. The fourth-order valence-electron chi connectivity index (χ4n) is 7.27. The molecule has 2 aromatic rings. The van der Waals surface area contributed by atoms with Crippen molar-refractivity contribution >= 4 is 56.7 Å². The normalized spacial score (nSPS) is 21.5. The van der Waals surface area contributed by atoms with Crippen LogP contribution in [0.2, 0.25) is 0 Å². The molecule has 4 N–H and O–H groups in total. The Kier molecular flexibility index (Phi) is 12.0. The van der Waals surface area contributed by atoms with Crippen molar-refractivity contribution in [3.05, 3.63) is 41.7 Å². The number of hydrogen-bond donors (Lipinski definition) is 3. The van der Waals surface area contributed by atoms with Crippen LogP contribution in [0.25, 0.3) is 0 Å². The fraction of sp³-hybridized carbons (Fsp3) is 0.600. The molecule has 15 nitrogen and oxygen atoms in total. The number of nitrogens with one attached hydrogen (secondary N) is 1. The molecule has 0 radical (unpaired) electrons. The van der Waals surface area contributed by atoms with Gasteiger partial charge in [-0.15, -0.1) is 5.10 Å². The highest BCUT2D eigenvalue weighted by molar-refractivity contribution is 7.99. The van der Waals surface area contributed by atoms with Crippen molar-refractivity contribution in [1.82, 2.24) is 25.2 Å². The van der Waals surface area contributed by atoms with Crippen molar-refractivity contribution in [3.8, 4) is 0 Å². The summed E-state index contributed by atoms with van der Waals surface area (Å²) in [6.07, 6.45) is 6.64. The van der Waals surface area contributed by atoms with Crippen molar-refractivity contribution in [2.24, 2.45) is 16.6 Å². The largest absolute Gasteiger partial charge is 0.384 e. The summed E-state index contributed by atoms with van der Waals surface area (Å²) in [5, 5.41) is 21.8. The highest BCUT2D eigenvalue weighted by atomic mass is 32.2. The number of amides is 4. The zero-order valence-electron chi connectivity index (χ0n) is 29.7. The first-order chi connectivity index (χ1) is 24.6. The number of sulfone groups is 1. The summed E-state index contributed by atoms with van der Waals surface area (Å²) in [4.78, 5) is 73.6. The predicted molar refractivity (Wildman–Crippen MR) is 193 cm³/mol. The van der Waals surface area contributed by atoms with E-state index in [-0.39, 0.29) is 60.1 Å². The highest BCUT2D eigenvalue weighted by Gasteiger charge is 2.49. The van der Waals surface area contributed by atoms with E-state index in [0.717, 1.165) is 32.1 Å². The monoisotopic (exact) mass is 757 g/mol. The molecular formula is C35H47N7O8S2. The van der Waals surface area contributed by atoms with Crippen molar-refractivity contribution in [1.29, 1.82) is 0 Å². The van der Waals surface area contributed by atoms with Gasteiger partial charge >= 0.3 is 0 Å². The molecule has 1 aromatic heterocycles. The minimum Gasteiger partial charge on any atom is -0.384 e. The van der Waals surface area contributed by atoms with Crippen molar-refractivity contribution in [2.45, 2.75) is 107 Å². The third kappa shape index (κ3) is 8.63. The Balaban J connectivity index is 1.52. The minimum atomic E-state index is -3.50. The van der Waals surface area contributed by atoms with Gasteiger partial charge in [-0.05, 0) is 74.8 Å². The van der Waals surface area contributed by atoms with E-state index in [9.17, 15) is 37.5 Å². The van der Waals surface area contributed by atoms with Crippen LogP contribution in [0.1, 0.15) is 101 Å². The van der Waals surface area contributed by atoms with Gasteiger partial charge in [0.25, 0.3) is 17.7 Å². The van der Waals surface area contributed by atoms with Crippen LogP contribution in [0.15, 0.2) is 40.4 Å². The maximum absolute atomic E-state index is 14.7. The summed E-state index contributed by atoms with van der Waals surface area (Å²) in [6, 6.07) is 3.59. The minimum absolute atomic E-state index is 0.0254. The van der Waals surface area contributed by atoms with Crippen LogP contribution in [0.4, 0.5) is 0 Å². The third-order valence-electron chi connectivity index (χ3n) is 10.3. The topological polar surface area (TPSA) is 224 Å². The smallest absolute Gasteiger partial charge is 0.287 e. The second-order valence-corrected chi connectivity index (χ2v) is 17.9. The first-order valence-corrected chi connectivity index (χ1v) is 20.5. The number of carbonyl (C=O) groups excluding carboxylic acids is 5. The van der Waals surface area contributed by atoms with E-state index in [1.165, 1.54) is 47.0 Å². The Bertz CT molecular complexity index is 1820. The zero-order chi connectivity index (χ0) is 37.8. The Morgan fingerprint density at radius 1 is 1.08 bits per heavy atom. The maximum Gasteiger partial charge on any atom is 0.287 e. The van der Waals surface area contributed by atoms with Gasteiger partial charge in [-0.3, -0.25) is 24.0 Å². The number of primary amides is 1. The molecule has 1 saturated carbocycles. The summed E-state index contributed by atoms with van der Waals surface area (Å²) in [5.41, 5.74) is 2.95. The quantitative estimate of drug-likeness (QED) is 0.210. The maximum atomic E-state index is 14.7. The number of likely N-dealkylation sites (tertiary alicyclic amines) is 1. The summed E-state index contributed by atoms with van der Waals surface area (Å²) >= 11 is 1.58. The van der Waals surface area contributed by atoms with Gasteiger partial charge in [-0.2, -0.15) is 11.8 Å². The van der Waals surface area contributed by atoms with Gasteiger partial charge in [0.2, 0.25) is 11.7 Å². The molecule has 4 amide bonds. The molecule has 52 heavy (non-hydrogen) atoms. The van der Waals surface area contributed by atoms with Crippen LogP contribution < -0.4 is 11.1 Å². The number of aliphatic imine (C=N–C) groups is 1. The van der Waals surface area contributed by atoms with E-state index in [4.69, 9.17) is 5.73 Å². The van der Waals surface area contributed by atoms with E-state index in [0.29, 0.717) is 17.2 Å². The average Bonchev–Trinajstić information content (AvgIpc) is 3.80. The molecule has 2 saturated heterocycles. The third-order valence-corrected chi connectivity index (χ3v) is 13.0. The van der Waals surface area contributed by atoms with E-state index >= 15 is 0 Å². The van der Waals surface area contributed by atoms with Crippen LogP contribution in [-0.4, -0.2) is 104 Å². The molecule has 3 heterocycles. The standard InChI is InChI=1S/C35H47N7O8S2/c1-4-52(49,50)25-12-10-23(11-13-25)31(45)38-26(18-22-8-6-5-7-9-22)33(47)41-21-24(42-28(20-37-40-42)34(2,3)48)19-27(41)32(46)39-35(29(43)30(36)44)14-16-51-17-15-35/h10-13,20,22,24,27,48H,4-9,14-19,21H2,1-3H3,(H2,36,44)(H,39,46)/b38-26+/t24-,27-/m0/s1. The van der Waals surface area contributed by atoms with E-state index in [1.54, 1.807) is 25.6 Å². The Hall–Kier alpha value is -3.96. The molecule has 0 spiro atoms. The SMILES string of the molecule is CCS(=O)(=O)c1ccc(C(=O)/N=C(\CC2CCCCC2)C(=O)N2C[C@@H](n3nncc3C(C)(C)O)C[C@H]2C(=O)NC2(C(=O)C(N)=O)CCSCC2)cc1. The van der Waals surface area contributed by atoms with Crippen LogP contribution in [-0.2, 0) is 34.6 Å². The predicted octanol–water partition coefficient (Wildman–Crippen LogP) is 2.13. The number of aromatic nitrogens is 3. The molecule has 282 valence electrons. The molecule has 2 aliphatic heterocycles. The van der Waals surface area contributed by atoms with Crippen LogP contribution in [0, 0.1) is 5.92 Å². The lowest BCUT2D eigenvalue weighted by atomic mass is 9.85. The second-order valence-electron chi connectivity index (χ2n) is 14.4. The average molecular weight is 758 g/mol. The summed E-state index contributed by atoms with van der Waals surface area (Å²) in [7, 11) is -3.50. The molecule has 17 heteroatoms. The van der Waals surface area contributed by atoms with Crippen molar-refractivity contribution in [3.63, 3.8) is 0 Å². The number of nitrogens with two attached hydrogens (primary N) is 1. The van der Waals surface area contributed by atoms with Crippen LogP contribution >= 0.6 is 11.8 Å². The highest BCUT2D eigenvalue weighted by Crippen LogP contribution is 2.35. The number of nitrogens with zero attached hydrogens (tertiary/aromatic N) is 5. The summed E-state index contributed by atoms with van der Waals surface area (Å²) in [5.74, 6) is -3.14. The van der Waals surface area contributed by atoms with Crippen molar-refractivity contribution in [2.75, 3.05) is 23.8 Å². The van der Waals surface area contributed by atoms with Gasteiger partial charge in [0, 0.05) is 18.5 Å². The fourth-order valence-corrected chi connectivity index (χ4v) is 9.34. The molecule has 5 rings (SSSR count). The lowest BCUT2D eigenvalue weighted by Gasteiger charge is -2.37. The lowest BCUT2D eigenvalue weighted by molar-refractivity contribution is -0.143. The summed E-state index contributed by atoms with van der Waals surface area (Å²) in [6.45, 7) is 4.60. The number of hydrogen-bond acceptors (Lipinski definition) is 11. The number of aliphatic hydroxyl groups is 1. The number of rotatable bonds is 12. The molecule has 2 atom stereocenters. The second kappa shape index (κ2) is 16.0.